The van der Waals surface area contributed by atoms with Crippen molar-refractivity contribution in [2.75, 3.05) is 0 Å². The van der Waals surface area contributed by atoms with Crippen LogP contribution in [0.15, 0.2) is 0 Å². The molecule has 3 N–H and O–H groups in total. The summed E-state index contributed by atoms with van der Waals surface area (Å²) >= 11 is 0. The van der Waals surface area contributed by atoms with Crippen LogP contribution in [-0.2, 0) is 22.4 Å². The molecule has 0 aromatic heterocycles. The van der Waals surface area contributed by atoms with E-state index >= 15 is 0 Å². The molecule has 2 heteroatoms. The van der Waals surface area contributed by atoms with Gasteiger partial charge in [-0.25, -0.2) is 0 Å². The average Bonchev–Trinajstić information content (AvgIpc) is 1.00. The largest absolute Gasteiger partial charge is 1.00 e. The molecule has 0 radical (unpaired) electrons. The van der Waals surface area contributed by atoms with Crippen molar-refractivity contribution in [1.29, 1.82) is 0 Å². The summed E-state index contributed by atoms with van der Waals surface area (Å²) in [5, 5.41) is 0. The molecule has 0 aromatic carbocycles. The summed E-state index contributed by atoms with van der Waals surface area (Å²) in [6, 6.07) is 0. The quantitative estimate of drug-likeness (QED) is 0.370. The van der Waals surface area contributed by atoms with Gasteiger partial charge in [0.05, 0.1) is 0 Å². The van der Waals surface area contributed by atoms with Crippen LogP contribution in [0.25, 0.3) is 0 Å². The zero-order chi connectivity index (χ0) is 2.00. The molecule has 4 heavy (non-hydrogen) atoms. The topological polar surface area (TPSA) is 35.0 Å². The summed E-state index contributed by atoms with van der Waals surface area (Å²) in [7, 11) is 0. The van der Waals surface area contributed by atoms with Crippen molar-refractivity contribution in [1.82, 2.24) is 6.15 Å². The Bertz CT molecular complexity index is 10.8. The van der Waals surface area contributed by atoms with Crippen molar-refractivity contribution >= 4 is 0 Å². The SMILES string of the molecule is N.[Au+].[C-]#C. The van der Waals surface area contributed by atoms with E-state index in [1.54, 1.807) is 0 Å². The van der Waals surface area contributed by atoms with Gasteiger partial charge in [-0.15, -0.1) is 0 Å². The van der Waals surface area contributed by atoms with E-state index in [1.165, 1.54) is 0 Å². The van der Waals surface area contributed by atoms with Gasteiger partial charge >= 0.3 is 22.4 Å². The molecular weight excluding hydrogens is 235 g/mol. The number of hydrogen-bond acceptors (Lipinski definition) is 1. The predicted molar refractivity (Wildman–Crippen MR) is 13.2 cm³/mol. The molecule has 0 bridgehead atoms. The van der Waals surface area contributed by atoms with Gasteiger partial charge in [-0.3, -0.25) is 0 Å². The van der Waals surface area contributed by atoms with Crippen molar-refractivity contribution in [3.05, 3.63) is 6.42 Å². The van der Waals surface area contributed by atoms with E-state index in [9.17, 15) is 0 Å². The molecule has 0 aliphatic carbocycles. The van der Waals surface area contributed by atoms with E-state index in [0.717, 1.165) is 0 Å². The third kappa shape index (κ3) is 53.0. The molecule has 1 nitrogen and oxygen atoms in total. The predicted octanol–water partition coefficient (Wildman–Crippen LogP) is 0.365. The molecule has 0 spiro atoms. The van der Waals surface area contributed by atoms with Crippen LogP contribution in [0, 0.1) is 12.8 Å². The normalized spacial score (nSPS) is 0.500. The van der Waals surface area contributed by atoms with Gasteiger partial charge in [-0.1, -0.05) is 0 Å². The number of terminal acetylenes is 1. The van der Waals surface area contributed by atoms with Gasteiger partial charge in [0, 0.05) is 0 Å². The molecule has 0 aliphatic rings. The van der Waals surface area contributed by atoms with Crippen LogP contribution in [-0.4, -0.2) is 0 Å². The van der Waals surface area contributed by atoms with Crippen molar-refractivity contribution in [2.24, 2.45) is 0 Å². The Morgan fingerprint density at radius 3 is 1.25 bits per heavy atom. The van der Waals surface area contributed by atoms with E-state index in [2.05, 4.69) is 6.42 Å². The third-order valence-electron chi connectivity index (χ3n) is 0. The maximum Gasteiger partial charge on any atom is 1.00 e. The minimum atomic E-state index is 0. The molecule has 0 aromatic rings. The van der Waals surface area contributed by atoms with E-state index in [1.807, 2.05) is 0 Å². The van der Waals surface area contributed by atoms with Crippen LogP contribution in [0.3, 0.4) is 0 Å². The van der Waals surface area contributed by atoms with Gasteiger partial charge in [0.15, 0.2) is 0 Å². The summed E-state index contributed by atoms with van der Waals surface area (Å²) in [6.45, 7) is 0. The zero-order valence-corrected chi connectivity index (χ0v) is 4.25. The van der Waals surface area contributed by atoms with Crippen molar-refractivity contribution in [3.63, 3.8) is 0 Å². The molecule has 0 aliphatic heterocycles. The minimum absolute atomic E-state index is 0. The summed E-state index contributed by atoms with van der Waals surface area (Å²) in [4.78, 5) is 0. The van der Waals surface area contributed by atoms with Crippen LogP contribution >= 0.6 is 0 Å². The second-order valence-corrected chi connectivity index (χ2v) is 0. The smallest absolute Gasteiger partial charge is 0.697 e. The first kappa shape index (κ1) is 28.5. The first-order valence-electron chi connectivity index (χ1n) is 0.289. The number of rotatable bonds is 0. The Morgan fingerprint density at radius 2 is 1.25 bits per heavy atom. The van der Waals surface area contributed by atoms with Gasteiger partial charge in [-0.05, 0) is 0 Å². The molecule has 0 atom stereocenters. The molecule has 0 rings (SSSR count). The van der Waals surface area contributed by atoms with Crippen molar-refractivity contribution < 1.29 is 22.4 Å². The fourth-order valence-corrected chi connectivity index (χ4v) is 0. The van der Waals surface area contributed by atoms with Crippen LogP contribution in [0.1, 0.15) is 0 Å². The molecule has 0 heterocycles. The first-order chi connectivity index (χ1) is 1.00. The fraction of sp³-hybridized carbons (Fsp3) is 0. The molecule has 0 fully saturated rings. The Balaban J connectivity index is -0.00000000500. The molecule has 0 unspecified atom stereocenters. The van der Waals surface area contributed by atoms with Crippen molar-refractivity contribution in [3.8, 4) is 6.42 Å². The maximum atomic E-state index is 5.25. The maximum absolute atomic E-state index is 5.25. The summed E-state index contributed by atoms with van der Waals surface area (Å²) in [5.74, 6) is 0. The monoisotopic (exact) mass is 239 g/mol. The average molecular weight is 239 g/mol. The molecule has 0 saturated heterocycles. The summed E-state index contributed by atoms with van der Waals surface area (Å²) in [5.41, 5.74) is 0. The van der Waals surface area contributed by atoms with Crippen LogP contribution < -0.4 is 6.15 Å². The third-order valence-corrected chi connectivity index (χ3v) is 0. The van der Waals surface area contributed by atoms with Crippen molar-refractivity contribution in [2.45, 2.75) is 0 Å². The summed E-state index contributed by atoms with van der Waals surface area (Å²) in [6.07, 6.45) is 9.00. The fourth-order valence-electron chi connectivity index (χ4n) is 0. The van der Waals surface area contributed by atoms with Gasteiger partial charge in [0.25, 0.3) is 0 Å². The van der Waals surface area contributed by atoms with Gasteiger partial charge in [0.1, 0.15) is 0 Å². The van der Waals surface area contributed by atoms with Gasteiger partial charge < -0.3 is 19.0 Å². The second kappa shape index (κ2) is 246. The molecule has 28 valence electrons. The van der Waals surface area contributed by atoms with E-state index < -0.39 is 0 Å². The number of hydrogen-bond donors (Lipinski definition) is 1. The van der Waals surface area contributed by atoms with E-state index in [0.29, 0.717) is 0 Å². The van der Waals surface area contributed by atoms with Crippen LogP contribution in [0.4, 0.5) is 0 Å². The standard InChI is InChI=1S/C2H.Au.H3N/c1-2;;/h1H;;1H3/q-1;+1;. The van der Waals surface area contributed by atoms with Crippen LogP contribution in [0.5, 0.6) is 0 Å². The Morgan fingerprint density at radius 1 is 1.25 bits per heavy atom. The zero-order valence-electron chi connectivity index (χ0n) is 2.09. The Labute approximate surface area is 41.9 Å². The first-order valence-corrected chi connectivity index (χ1v) is 0.289. The molecule has 0 saturated carbocycles. The van der Waals surface area contributed by atoms with Gasteiger partial charge in [0.2, 0.25) is 0 Å². The van der Waals surface area contributed by atoms with Crippen LogP contribution in [0.2, 0.25) is 0 Å². The Hall–Kier alpha value is 0.260. The summed E-state index contributed by atoms with van der Waals surface area (Å²) < 4.78 is 0. The minimum Gasteiger partial charge on any atom is -0.697 e. The molecule has 0 amide bonds. The van der Waals surface area contributed by atoms with E-state index in [4.69, 9.17) is 6.42 Å². The van der Waals surface area contributed by atoms with E-state index in [-0.39, 0.29) is 28.5 Å². The Kier molecular flexibility index (Phi) is 1750. The van der Waals surface area contributed by atoms with Gasteiger partial charge in [-0.2, -0.15) is 0 Å². The second-order valence-electron chi connectivity index (χ2n) is 0. The molecular formula is C2H4AuN.